The van der Waals surface area contributed by atoms with Crippen LogP contribution in [0.3, 0.4) is 0 Å². The molecule has 0 bridgehead atoms. The number of sulfonamides is 1. The van der Waals surface area contributed by atoms with E-state index in [1.807, 2.05) is 4.90 Å². The van der Waals surface area contributed by atoms with Crippen LogP contribution in [0.4, 0.5) is 11.5 Å². The summed E-state index contributed by atoms with van der Waals surface area (Å²) in [5.41, 5.74) is 0.268. The molecule has 0 N–H and O–H groups in total. The molecule has 2 fully saturated rings. The van der Waals surface area contributed by atoms with E-state index in [1.165, 1.54) is 28.8 Å². The molecule has 2 aromatic heterocycles. The van der Waals surface area contributed by atoms with Crippen LogP contribution < -0.4 is 4.90 Å². The number of anilines is 1. The normalized spacial score (nSPS) is 18.0. The zero-order chi connectivity index (χ0) is 22.9. The van der Waals surface area contributed by atoms with Crippen molar-refractivity contribution in [1.82, 2.24) is 18.8 Å². The molecule has 4 rings (SSSR count). The van der Waals surface area contributed by atoms with Crippen molar-refractivity contribution in [1.29, 1.82) is 0 Å². The molecule has 2 aliphatic heterocycles. The van der Waals surface area contributed by atoms with Crippen molar-refractivity contribution in [2.24, 2.45) is 7.05 Å². The minimum absolute atomic E-state index is 0.0680. The predicted molar refractivity (Wildman–Crippen MR) is 117 cm³/mol. The number of hydrogen-bond acceptors (Lipinski definition) is 7. The van der Waals surface area contributed by atoms with E-state index in [1.54, 1.807) is 22.6 Å². The second-order valence-electron chi connectivity index (χ2n) is 8.05. The van der Waals surface area contributed by atoms with Gasteiger partial charge in [0.1, 0.15) is 22.6 Å². The number of amides is 1. The summed E-state index contributed by atoms with van der Waals surface area (Å²) < 4.78 is 29.0. The highest BCUT2D eigenvalue weighted by Crippen LogP contribution is 2.24. The first-order chi connectivity index (χ1) is 15.3. The lowest BCUT2D eigenvalue weighted by Crippen LogP contribution is -2.49. The lowest BCUT2D eigenvalue weighted by atomic mass is 10.2. The number of piperazine rings is 1. The number of rotatable bonds is 5. The maximum absolute atomic E-state index is 13.1. The molecule has 1 amide bonds. The summed E-state index contributed by atoms with van der Waals surface area (Å²) >= 11 is 0. The monoisotopic (exact) mass is 462 g/mol. The fourth-order valence-electron chi connectivity index (χ4n) is 4.12. The fourth-order valence-corrected chi connectivity index (χ4v) is 5.71. The Morgan fingerprint density at radius 3 is 2.34 bits per heavy atom. The van der Waals surface area contributed by atoms with E-state index in [4.69, 9.17) is 0 Å². The zero-order valence-corrected chi connectivity index (χ0v) is 18.7. The van der Waals surface area contributed by atoms with Crippen LogP contribution in [0.1, 0.15) is 29.8 Å². The van der Waals surface area contributed by atoms with Gasteiger partial charge in [0.15, 0.2) is 0 Å². The van der Waals surface area contributed by atoms with E-state index < -0.39 is 14.9 Å². The molecule has 2 saturated heterocycles. The molecule has 0 aromatic carbocycles. The van der Waals surface area contributed by atoms with Gasteiger partial charge in [0.2, 0.25) is 10.0 Å². The molecule has 172 valence electrons. The van der Waals surface area contributed by atoms with Gasteiger partial charge >= 0.3 is 0 Å². The lowest BCUT2D eigenvalue weighted by Gasteiger charge is -2.35. The van der Waals surface area contributed by atoms with Gasteiger partial charge in [0.25, 0.3) is 11.6 Å². The van der Waals surface area contributed by atoms with E-state index in [-0.39, 0.29) is 16.5 Å². The third-order valence-corrected chi connectivity index (χ3v) is 7.85. The molecule has 12 heteroatoms. The summed E-state index contributed by atoms with van der Waals surface area (Å²) in [5.74, 6) is 0.403. The molecule has 2 aromatic rings. The van der Waals surface area contributed by atoms with Crippen LogP contribution in [-0.2, 0) is 17.1 Å². The van der Waals surface area contributed by atoms with Crippen LogP contribution in [0, 0.1) is 10.1 Å². The van der Waals surface area contributed by atoms with Crippen LogP contribution in [0.5, 0.6) is 0 Å². The number of carbonyl (C=O) groups is 1. The van der Waals surface area contributed by atoms with Crippen molar-refractivity contribution in [3.63, 3.8) is 0 Å². The van der Waals surface area contributed by atoms with Gasteiger partial charge in [-0.15, -0.1) is 0 Å². The highest BCUT2D eigenvalue weighted by Gasteiger charge is 2.30. The van der Waals surface area contributed by atoms with Crippen molar-refractivity contribution >= 4 is 27.4 Å². The van der Waals surface area contributed by atoms with Crippen LogP contribution >= 0.6 is 0 Å². The molecule has 32 heavy (non-hydrogen) atoms. The smallest absolute Gasteiger partial charge is 0.287 e. The molecule has 0 atom stereocenters. The maximum atomic E-state index is 13.1. The Hall–Kier alpha value is -2.99. The van der Waals surface area contributed by atoms with Gasteiger partial charge in [-0.3, -0.25) is 14.9 Å². The maximum Gasteiger partial charge on any atom is 0.287 e. The molecule has 0 spiro atoms. The number of nitrogens with zero attached hydrogens (tertiary/aromatic N) is 6. The van der Waals surface area contributed by atoms with Crippen LogP contribution in [-0.4, -0.2) is 77.3 Å². The van der Waals surface area contributed by atoms with Gasteiger partial charge in [-0.05, 0) is 25.0 Å². The second-order valence-corrected chi connectivity index (χ2v) is 9.99. The van der Waals surface area contributed by atoms with Gasteiger partial charge in [0, 0.05) is 58.6 Å². The Morgan fingerprint density at radius 1 is 1.06 bits per heavy atom. The Kier molecular flexibility index (Phi) is 6.15. The largest absolute Gasteiger partial charge is 0.353 e. The number of carbonyl (C=O) groups excluding carboxylic acids is 1. The first kappa shape index (κ1) is 22.2. The average Bonchev–Trinajstić information content (AvgIpc) is 3.22. The highest BCUT2D eigenvalue weighted by atomic mass is 32.2. The molecule has 4 heterocycles. The predicted octanol–water partition coefficient (Wildman–Crippen LogP) is 1.47. The van der Waals surface area contributed by atoms with Crippen molar-refractivity contribution in [3.8, 4) is 0 Å². The Bertz CT molecular complexity index is 1100. The number of aromatic nitrogens is 2. The van der Waals surface area contributed by atoms with Crippen molar-refractivity contribution in [3.05, 3.63) is 46.4 Å². The quantitative estimate of drug-likeness (QED) is 0.487. The second kappa shape index (κ2) is 8.87. The number of hydrogen-bond donors (Lipinski definition) is 0. The standard InChI is InChI=1S/C20H26N6O5S/c1-22-15-17(32(30,31)25-7-3-2-4-8-25)13-18(22)20(27)24-11-9-23(10-12-24)19-6-5-16(14-21-19)26(28)29/h5-6,13-15H,2-4,7-12H2,1H3. The molecular formula is C20H26N6O5S. The SMILES string of the molecule is Cn1cc(S(=O)(=O)N2CCCCC2)cc1C(=O)N1CCN(c2ccc([N+](=O)[O-])cn2)CC1. The summed E-state index contributed by atoms with van der Waals surface area (Å²) in [6.07, 6.45) is 5.47. The van der Waals surface area contributed by atoms with E-state index >= 15 is 0 Å². The number of piperidine rings is 1. The number of nitro groups is 1. The molecule has 0 unspecified atom stereocenters. The van der Waals surface area contributed by atoms with Crippen molar-refractivity contribution in [2.45, 2.75) is 24.2 Å². The lowest BCUT2D eigenvalue weighted by molar-refractivity contribution is -0.385. The molecular weight excluding hydrogens is 436 g/mol. The molecule has 11 nitrogen and oxygen atoms in total. The summed E-state index contributed by atoms with van der Waals surface area (Å²) in [4.78, 5) is 31.3. The third-order valence-electron chi connectivity index (χ3n) is 5.99. The summed E-state index contributed by atoms with van der Waals surface area (Å²) in [6.45, 7) is 2.96. The minimum atomic E-state index is -3.61. The van der Waals surface area contributed by atoms with E-state index in [0.717, 1.165) is 19.3 Å². The average molecular weight is 463 g/mol. The van der Waals surface area contributed by atoms with Crippen LogP contribution in [0.2, 0.25) is 0 Å². The third kappa shape index (κ3) is 4.32. The summed E-state index contributed by atoms with van der Waals surface area (Å²) in [7, 11) is -1.93. The minimum Gasteiger partial charge on any atom is -0.353 e. The molecule has 0 radical (unpaired) electrons. The summed E-state index contributed by atoms with van der Waals surface area (Å²) in [6, 6.07) is 4.48. The van der Waals surface area contributed by atoms with E-state index in [2.05, 4.69) is 4.98 Å². The van der Waals surface area contributed by atoms with Gasteiger partial charge < -0.3 is 14.4 Å². The Labute approximate surface area is 186 Å². The van der Waals surface area contributed by atoms with Crippen molar-refractivity contribution < 1.29 is 18.1 Å². The van der Waals surface area contributed by atoms with Crippen LogP contribution in [0.25, 0.3) is 0 Å². The van der Waals surface area contributed by atoms with Crippen molar-refractivity contribution in [2.75, 3.05) is 44.2 Å². The first-order valence-corrected chi connectivity index (χ1v) is 12.0. The topological polar surface area (TPSA) is 122 Å². The van der Waals surface area contributed by atoms with Crippen LogP contribution in [0.15, 0.2) is 35.5 Å². The van der Waals surface area contributed by atoms with Gasteiger partial charge in [0.05, 0.1) is 4.92 Å². The first-order valence-electron chi connectivity index (χ1n) is 10.6. The number of aryl methyl sites for hydroxylation is 1. The zero-order valence-electron chi connectivity index (χ0n) is 17.9. The highest BCUT2D eigenvalue weighted by molar-refractivity contribution is 7.89. The van der Waals surface area contributed by atoms with Gasteiger partial charge in [-0.1, -0.05) is 6.42 Å². The molecule has 0 saturated carbocycles. The number of pyridine rings is 1. The Balaban J connectivity index is 1.43. The van der Waals surface area contributed by atoms with E-state index in [0.29, 0.717) is 50.8 Å². The Morgan fingerprint density at radius 2 is 1.75 bits per heavy atom. The van der Waals surface area contributed by atoms with Gasteiger partial charge in [-0.2, -0.15) is 4.31 Å². The fraction of sp³-hybridized carbons (Fsp3) is 0.500. The van der Waals surface area contributed by atoms with Gasteiger partial charge in [-0.25, -0.2) is 13.4 Å². The molecule has 0 aliphatic carbocycles. The molecule has 2 aliphatic rings. The van der Waals surface area contributed by atoms with E-state index in [9.17, 15) is 23.3 Å². The summed E-state index contributed by atoms with van der Waals surface area (Å²) in [5, 5.41) is 10.8.